The van der Waals surface area contributed by atoms with Gasteiger partial charge in [-0.1, -0.05) is 12.6 Å². The molecule has 11 heteroatoms. The van der Waals surface area contributed by atoms with Crippen molar-refractivity contribution in [2.24, 2.45) is 0 Å². The summed E-state index contributed by atoms with van der Waals surface area (Å²) in [5.74, 6) is -1.65. The fourth-order valence-electron chi connectivity index (χ4n) is 5.99. The Balaban J connectivity index is 1.53. The molecule has 0 saturated carbocycles. The summed E-state index contributed by atoms with van der Waals surface area (Å²) in [7, 11) is 0. The molecular weight excluding hydrogens is 510 g/mol. The number of nitrogens with zero attached hydrogens (tertiary/aromatic N) is 4. The number of hydrogen-bond acceptors (Lipinski definition) is 7. The number of hydrogen-bond donors (Lipinski definition) is 2. The standard InChI is InChI=1S/C27H24F2N6O2S/c1-3-20(36)33-8-9-34-14(12-33)6-7-35-24-16(27(34)37)10-19(29)23(21(24)13(2)32-35)15-4-5-18(28)25-22(15)17(11-30)26(31)38-25/h3-5,10,13-14,32H,1,6-9,12,31H2,2H3/t13?,14-/m0/s1. The van der Waals surface area contributed by atoms with Crippen LogP contribution in [0.15, 0.2) is 30.9 Å². The second kappa shape index (κ2) is 8.79. The lowest BCUT2D eigenvalue weighted by Gasteiger charge is -2.43. The van der Waals surface area contributed by atoms with E-state index >= 15 is 4.39 Å². The van der Waals surface area contributed by atoms with Crippen molar-refractivity contribution >= 4 is 43.9 Å². The first-order valence-electron chi connectivity index (χ1n) is 12.3. The van der Waals surface area contributed by atoms with E-state index in [1.54, 1.807) is 9.80 Å². The van der Waals surface area contributed by atoms with E-state index in [1.807, 2.05) is 18.0 Å². The Kier molecular flexibility index (Phi) is 5.63. The fourth-order valence-corrected chi connectivity index (χ4v) is 6.94. The molecule has 38 heavy (non-hydrogen) atoms. The summed E-state index contributed by atoms with van der Waals surface area (Å²) in [6, 6.07) is 5.42. The normalized spacial score (nSPS) is 20.6. The maximum absolute atomic E-state index is 16.1. The van der Waals surface area contributed by atoms with Gasteiger partial charge in [0.1, 0.15) is 22.7 Å². The molecule has 2 atom stereocenters. The number of fused-ring (bicyclic) bond motifs is 2. The molecule has 194 valence electrons. The van der Waals surface area contributed by atoms with Crippen molar-refractivity contribution < 1.29 is 18.4 Å². The Hall–Kier alpha value is -4.01. The Morgan fingerprint density at radius 2 is 2.05 bits per heavy atom. The molecule has 1 aromatic heterocycles. The number of anilines is 2. The molecule has 3 N–H and O–H groups in total. The largest absolute Gasteiger partial charge is 0.389 e. The summed E-state index contributed by atoms with van der Waals surface area (Å²) < 4.78 is 31.0. The van der Waals surface area contributed by atoms with Gasteiger partial charge in [0, 0.05) is 42.7 Å². The fraction of sp³-hybridized carbons (Fsp3) is 0.296. The van der Waals surface area contributed by atoms with Crippen LogP contribution in [-0.2, 0) is 4.79 Å². The molecule has 1 fully saturated rings. The van der Waals surface area contributed by atoms with Crippen LogP contribution in [-0.4, -0.2) is 53.8 Å². The van der Waals surface area contributed by atoms with Crippen molar-refractivity contribution in [3.05, 3.63) is 59.2 Å². The molecule has 4 heterocycles. The number of amides is 2. The van der Waals surface area contributed by atoms with E-state index in [2.05, 4.69) is 12.0 Å². The lowest BCUT2D eigenvalue weighted by atomic mass is 9.88. The van der Waals surface area contributed by atoms with Crippen LogP contribution >= 0.6 is 11.3 Å². The van der Waals surface area contributed by atoms with Gasteiger partial charge in [-0.05, 0) is 37.1 Å². The number of nitrogens with one attached hydrogen (secondary N) is 1. The number of nitrogens with two attached hydrogens (primary N) is 1. The van der Waals surface area contributed by atoms with E-state index in [1.165, 1.54) is 24.3 Å². The number of hydrazine groups is 1. The summed E-state index contributed by atoms with van der Waals surface area (Å²) in [5, 5.41) is 12.1. The van der Waals surface area contributed by atoms with Crippen LogP contribution in [0.25, 0.3) is 21.2 Å². The summed E-state index contributed by atoms with van der Waals surface area (Å²) in [5.41, 5.74) is 11.5. The van der Waals surface area contributed by atoms with Gasteiger partial charge in [0.05, 0.1) is 33.6 Å². The van der Waals surface area contributed by atoms with Crippen LogP contribution in [0, 0.1) is 23.0 Å². The SMILES string of the molecule is C=CC(=O)N1CCN2C(=O)c3cc(F)c(-c4ccc(F)c5sc(N)c(C#N)c45)c4c3N(CC[C@H]2C1)NC4C. The smallest absolute Gasteiger partial charge is 0.256 e. The Morgan fingerprint density at radius 3 is 2.79 bits per heavy atom. The highest BCUT2D eigenvalue weighted by Gasteiger charge is 2.41. The maximum atomic E-state index is 16.1. The molecule has 0 bridgehead atoms. The van der Waals surface area contributed by atoms with E-state index in [-0.39, 0.29) is 55.7 Å². The highest BCUT2D eigenvalue weighted by atomic mass is 32.1. The van der Waals surface area contributed by atoms with E-state index < -0.39 is 11.6 Å². The second-order valence-electron chi connectivity index (χ2n) is 9.73. The van der Waals surface area contributed by atoms with Gasteiger partial charge in [-0.15, -0.1) is 11.3 Å². The number of nitriles is 1. The van der Waals surface area contributed by atoms with Crippen LogP contribution in [0.5, 0.6) is 0 Å². The number of carbonyl (C=O) groups excluding carboxylic acids is 2. The second-order valence-corrected chi connectivity index (χ2v) is 10.8. The molecule has 6 rings (SSSR count). The van der Waals surface area contributed by atoms with Crippen LogP contribution in [0.3, 0.4) is 0 Å². The van der Waals surface area contributed by atoms with Gasteiger partial charge < -0.3 is 20.5 Å². The number of benzene rings is 2. The Labute approximate surface area is 221 Å². The maximum Gasteiger partial charge on any atom is 0.256 e. The molecule has 0 radical (unpaired) electrons. The van der Waals surface area contributed by atoms with Crippen LogP contribution in [0.2, 0.25) is 0 Å². The van der Waals surface area contributed by atoms with Crippen molar-refractivity contribution in [3.8, 4) is 17.2 Å². The summed E-state index contributed by atoms with van der Waals surface area (Å²) in [6.45, 7) is 7.05. The van der Waals surface area contributed by atoms with Gasteiger partial charge in [-0.3, -0.25) is 9.59 Å². The van der Waals surface area contributed by atoms with Gasteiger partial charge >= 0.3 is 0 Å². The number of carbonyl (C=O) groups is 2. The molecule has 2 amide bonds. The zero-order valence-corrected chi connectivity index (χ0v) is 21.4. The number of nitrogen functional groups attached to an aromatic ring is 1. The molecule has 8 nitrogen and oxygen atoms in total. The lowest BCUT2D eigenvalue weighted by molar-refractivity contribution is -0.128. The van der Waals surface area contributed by atoms with Gasteiger partial charge in [0.25, 0.3) is 5.91 Å². The highest BCUT2D eigenvalue weighted by Crippen LogP contribution is 2.49. The minimum absolute atomic E-state index is 0.110. The Bertz CT molecular complexity index is 1590. The zero-order valence-electron chi connectivity index (χ0n) is 20.6. The summed E-state index contributed by atoms with van der Waals surface area (Å²) in [4.78, 5) is 29.4. The molecule has 0 aliphatic carbocycles. The van der Waals surface area contributed by atoms with Crippen LogP contribution in [0.1, 0.15) is 40.9 Å². The Morgan fingerprint density at radius 1 is 1.26 bits per heavy atom. The molecule has 1 unspecified atom stereocenters. The molecule has 2 aromatic carbocycles. The average Bonchev–Trinajstić information content (AvgIpc) is 3.42. The summed E-state index contributed by atoms with van der Waals surface area (Å²) in [6.07, 6.45) is 1.87. The first-order chi connectivity index (χ1) is 18.2. The minimum atomic E-state index is -0.637. The molecule has 3 aromatic rings. The third kappa shape index (κ3) is 3.40. The average molecular weight is 535 g/mol. The number of rotatable bonds is 2. The van der Waals surface area contributed by atoms with E-state index in [4.69, 9.17) is 5.73 Å². The van der Waals surface area contributed by atoms with Crippen LogP contribution < -0.4 is 16.2 Å². The summed E-state index contributed by atoms with van der Waals surface area (Å²) >= 11 is 0.958. The van der Waals surface area contributed by atoms with Gasteiger partial charge in [-0.2, -0.15) is 5.26 Å². The van der Waals surface area contributed by atoms with Gasteiger partial charge in [0.2, 0.25) is 5.91 Å². The van der Waals surface area contributed by atoms with Crippen molar-refractivity contribution in [2.75, 3.05) is 36.9 Å². The van der Waals surface area contributed by atoms with E-state index in [0.29, 0.717) is 49.4 Å². The quantitative estimate of drug-likeness (QED) is 0.483. The molecular formula is C27H24F2N6O2S. The van der Waals surface area contributed by atoms with E-state index in [0.717, 1.165) is 11.3 Å². The van der Waals surface area contributed by atoms with Gasteiger partial charge in [-0.25, -0.2) is 14.2 Å². The third-order valence-electron chi connectivity index (χ3n) is 7.69. The number of thiophene rings is 1. The minimum Gasteiger partial charge on any atom is -0.389 e. The van der Waals surface area contributed by atoms with Crippen molar-refractivity contribution in [2.45, 2.75) is 25.4 Å². The first kappa shape index (κ1) is 24.3. The van der Waals surface area contributed by atoms with Crippen molar-refractivity contribution in [1.29, 1.82) is 5.26 Å². The number of piperazine rings is 1. The zero-order chi connectivity index (χ0) is 26.9. The van der Waals surface area contributed by atoms with Crippen molar-refractivity contribution in [1.82, 2.24) is 15.2 Å². The van der Waals surface area contributed by atoms with E-state index in [9.17, 15) is 19.2 Å². The monoisotopic (exact) mass is 534 g/mol. The molecule has 3 aliphatic rings. The first-order valence-corrected chi connectivity index (χ1v) is 13.1. The number of halogens is 2. The third-order valence-corrected chi connectivity index (χ3v) is 8.71. The topological polar surface area (TPSA) is 106 Å². The van der Waals surface area contributed by atoms with Crippen LogP contribution in [0.4, 0.5) is 19.5 Å². The van der Waals surface area contributed by atoms with Gasteiger partial charge in [0.15, 0.2) is 0 Å². The molecule has 1 saturated heterocycles. The van der Waals surface area contributed by atoms with Crippen molar-refractivity contribution in [3.63, 3.8) is 0 Å². The predicted octanol–water partition coefficient (Wildman–Crippen LogP) is 3.93. The highest BCUT2D eigenvalue weighted by molar-refractivity contribution is 7.23. The molecule has 3 aliphatic heterocycles. The molecule has 0 spiro atoms. The predicted molar refractivity (Wildman–Crippen MR) is 141 cm³/mol. The lowest BCUT2D eigenvalue weighted by Crippen LogP contribution is -2.58.